The van der Waals surface area contributed by atoms with Crippen LogP contribution in [0.4, 0.5) is 4.79 Å². The number of piperidine rings is 1. The lowest BCUT2D eigenvalue weighted by Gasteiger charge is -2.43. The lowest BCUT2D eigenvalue weighted by atomic mass is 9.91. The van der Waals surface area contributed by atoms with E-state index in [2.05, 4.69) is 10.6 Å². The molecule has 104 valence electrons. The maximum atomic E-state index is 11.4. The number of nitrogens with one attached hydrogen (secondary N) is 2. The average Bonchev–Trinajstić information content (AvgIpc) is 2.67. The van der Waals surface area contributed by atoms with Gasteiger partial charge in [0.2, 0.25) is 0 Å². The van der Waals surface area contributed by atoms with Crippen molar-refractivity contribution in [3.05, 3.63) is 0 Å². The lowest BCUT2D eigenvalue weighted by molar-refractivity contribution is -0.0992. The van der Waals surface area contributed by atoms with Crippen LogP contribution in [0.5, 0.6) is 0 Å². The van der Waals surface area contributed by atoms with E-state index in [1.54, 1.807) is 6.92 Å². The minimum atomic E-state index is -1.05. The van der Waals surface area contributed by atoms with Crippen LogP contribution in [0.25, 0.3) is 0 Å². The molecule has 0 unspecified atom stereocenters. The van der Waals surface area contributed by atoms with Gasteiger partial charge in [-0.2, -0.15) is 0 Å². The molecule has 2 aliphatic heterocycles. The second kappa shape index (κ2) is 5.40. The summed E-state index contributed by atoms with van der Waals surface area (Å²) in [6.07, 6.45) is -2.12. The summed E-state index contributed by atoms with van der Waals surface area (Å²) in [5.41, 5.74) is 0. The fourth-order valence-corrected chi connectivity index (χ4v) is 2.83. The second-order valence-corrected chi connectivity index (χ2v) is 4.93. The molecule has 0 bridgehead atoms. The van der Waals surface area contributed by atoms with Gasteiger partial charge in [0.25, 0.3) is 0 Å². The summed E-state index contributed by atoms with van der Waals surface area (Å²) in [5, 5.41) is 35.0. The largest absolute Gasteiger partial charge is 0.391 e. The molecule has 0 spiro atoms. The van der Waals surface area contributed by atoms with Crippen LogP contribution in [-0.4, -0.2) is 76.3 Å². The van der Waals surface area contributed by atoms with E-state index in [4.69, 9.17) is 0 Å². The lowest BCUT2D eigenvalue weighted by Crippen LogP contribution is -2.66. The first-order valence-corrected chi connectivity index (χ1v) is 6.37. The van der Waals surface area contributed by atoms with E-state index in [0.717, 1.165) is 0 Å². The minimum Gasteiger partial charge on any atom is -0.391 e. The van der Waals surface area contributed by atoms with Crippen LogP contribution >= 0.6 is 0 Å². The molecule has 2 amide bonds. The summed E-state index contributed by atoms with van der Waals surface area (Å²) in [5.74, 6) is 0. The third-order valence-corrected chi connectivity index (χ3v) is 3.73. The Morgan fingerprint density at radius 1 is 1.33 bits per heavy atom. The maximum absolute atomic E-state index is 11.4. The molecule has 2 aliphatic rings. The maximum Gasteiger partial charge on any atom is 0.315 e. The molecule has 0 saturated carbocycles. The van der Waals surface area contributed by atoms with Gasteiger partial charge in [-0.3, -0.25) is 4.90 Å². The fourth-order valence-electron chi connectivity index (χ4n) is 2.83. The predicted molar refractivity (Wildman–Crippen MR) is 64.0 cm³/mol. The summed E-state index contributed by atoms with van der Waals surface area (Å²) >= 11 is 0. The third-order valence-electron chi connectivity index (χ3n) is 3.73. The summed E-state index contributed by atoms with van der Waals surface area (Å²) < 4.78 is 0. The van der Waals surface area contributed by atoms with Crippen LogP contribution in [0.2, 0.25) is 0 Å². The van der Waals surface area contributed by atoms with Gasteiger partial charge in [0.1, 0.15) is 6.10 Å². The van der Waals surface area contributed by atoms with Crippen molar-refractivity contribution in [1.29, 1.82) is 0 Å². The monoisotopic (exact) mass is 259 g/mol. The standard InChI is InChI=1S/C11H21N3O4/c1-2-12-11(18)13-6-5-14-4-3-7(15)8(14)10(17)9(6)16/h6-10,15-17H,2-5H2,1H3,(H2,12,13,18)/t6-,7-,8+,9+,10+/m0/s1. The Morgan fingerprint density at radius 3 is 2.72 bits per heavy atom. The normalized spacial score (nSPS) is 40.3. The van der Waals surface area contributed by atoms with E-state index < -0.39 is 30.4 Å². The first-order valence-electron chi connectivity index (χ1n) is 6.37. The van der Waals surface area contributed by atoms with Gasteiger partial charge in [0, 0.05) is 19.6 Å². The van der Waals surface area contributed by atoms with Crippen LogP contribution in [0.15, 0.2) is 0 Å². The Kier molecular flexibility index (Phi) is 4.06. The molecule has 7 heteroatoms. The molecule has 5 N–H and O–H groups in total. The van der Waals surface area contributed by atoms with Gasteiger partial charge in [-0.05, 0) is 13.3 Å². The number of aliphatic hydroxyl groups is 3. The molecule has 0 aromatic rings. The number of carbonyl (C=O) groups is 1. The molecule has 18 heavy (non-hydrogen) atoms. The summed E-state index contributed by atoms with van der Waals surface area (Å²) in [6.45, 7) is 3.42. The van der Waals surface area contributed by atoms with E-state index in [-0.39, 0.29) is 6.03 Å². The van der Waals surface area contributed by atoms with Crippen molar-refractivity contribution in [2.24, 2.45) is 0 Å². The molecule has 0 aliphatic carbocycles. The number of amides is 2. The average molecular weight is 259 g/mol. The zero-order valence-electron chi connectivity index (χ0n) is 10.4. The summed E-state index contributed by atoms with van der Waals surface area (Å²) in [7, 11) is 0. The number of rotatable bonds is 2. The number of urea groups is 1. The Labute approximate surface area is 106 Å². The highest BCUT2D eigenvalue weighted by molar-refractivity contribution is 5.74. The molecule has 2 rings (SSSR count). The quantitative estimate of drug-likeness (QED) is 0.389. The second-order valence-electron chi connectivity index (χ2n) is 4.93. The zero-order valence-corrected chi connectivity index (χ0v) is 10.4. The van der Waals surface area contributed by atoms with Crippen molar-refractivity contribution >= 4 is 6.03 Å². The minimum absolute atomic E-state index is 0.355. The van der Waals surface area contributed by atoms with Crippen LogP contribution in [0.3, 0.4) is 0 Å². The first-order chi connectivity index (χ1) is 8.54. The Morgan fingerprint density at radius 2 is 2.06 bits per heavy atom. The third kappa shape index (κ3) is 2.44. The number of aliphatic hydroxyl groups excluding tert-OH is 3. The smallest absolute Gasteiger partial charge is 0.315 e. The van der Waals surface area contributed by atoms with E-state index in [1.165, 1.54) is 0 Å². The van der Waals surface area contributed by atoms with Crippen molar-refractivity contribution in [2.45, 2.75) is 43.7 Å². The van der Waals surface area contributed by atoms with Crippen LogP contribution in [0, 0.1) is 0 Å². The summed E-state index contributed by atoms with van der Waals surface area (Å²) in [4.78, 5) is 13.4. The van der Waals surface area contributed by atoms with E-state index >= 15 is 0 Å². The Bertz CT molecular complexity index is 315. The molecule has 2 fully saturated rings. The van der Waals surface area contributed by atoms with E-state index in [9.17, 15) is 20.1 Å². The highest BCUT2D eigenvalue weighted by Gasteiger charge is 2.48. The number of carbonyl (C=O) groups excluding carboxylic acids is 1. The van der Waals surface area contributed by atoms with Crippen molar-refractivity contribution in [2.75, 3.05) is 19.6 Å². The molecule has 0 aromatic heterocycles. The SMILES string of the molecule is CCNC(=O)N[C@H]1CN2CC[C@H](O)[C@@H]2[C@@H](O)[C@@H]1O. The number of fused-ring (bicyclic) bond motifs is 1. The van der Waals surface area contributed by atoms with Crippen molar-refractivity contribution < 1.29 is 20.1 Å². The van der Waals surface area contributed by atoms with Gasteiger partial charge in [-0.1, -0.05) is 0 Å². The molecular formula is C11H21N3O4. The van der Waals surface area contributed by atoms with Crippen LogP contribution < -0.4 is 10.6 Å². The molecule has 2 heterocycles. The van der Waals surface area contributed by atoms with Gasteiger partial charge in [0.05, 0.1) is 24.3 Å². The molecule has 7 nitrogen and oxygen atoms in total. The predicted octanol–water partition coefficient (Wildman–Crippen LogP) is -2.16. The topological polar surface area (TPSA) is 105 Å². The van der Waals surface area contributed by atoms with Gasteiger partial charge in [0.15, 0.2) is 0 Å². The molecule has 5 atom stereocenters. The van der Waals surface area contributed by atoms with E-state index in [0.29, 0.717) is 26.1 Å². The first kappa shape index (κ1) is 13.5. The zero-order chi connectivity index (χ0) is 13.3. The summed E-state index contributed by atoms with van der Waals surface area (Å²) in [6, 6.07) is -1.30. The van der Waals surface area contributed by atoms with Crippen molar-refractivity contribution in [3.63, 3.8) is 0 Å². The van der Waals surface area contributed by atoms with Gasteiger partial charge < -0.3 is 26.0 Å². The molecule has 0 radical (unpaired) electrons. The van der Waals surface area contributed by atoms with E-state index in [1.807, 2.05) is 4.90 Å². The van der Waals surface area contributed by atoms with Crippen molar-refractivity contribution in [3.8, 4) is 0 Å². The Hall–Kier alpha value is -0.890. The number of hydrogen-bond acceptors (Lipinski definition) is 5. The van der Waals surface area contributed by atoms with Gasteiger partial charge in [-0.15, -0.1) is 0 Å². The van der Waals surface area contributed by atoms with Crippen LogP contribution in [-0.2, 0) is 0 Å². The van der Waals surface area contributed by atoms with Crippen LogP contribution in [0.1, 0.15) is 13.3 Å². The number of nitrogens with zero attached hydrogens (tertiary/aromatic N) is 1. The molecular weight excluding hydrogens is 238 g/mol. The highest BCUT2D eigenvalue weighted by Crippen LogP contribution is 2.28. The van der Waals surface area contributed by atoms with Crippen molar-refractivity contribution in [1.82, 2.24) is 15.5 Å². The van der Waals surface area contributed by atoms with Gasteiger partial charge in [-0.25, -0.2) is 4.79 Å². The molecule has 0 aromatic carbocycles. The Balaban J connectivity index is 2.00. The fraction of sp³-hybridized carbons (Fsp3) is 0.909. The number of hydrogen-bond donors (Lipinski definition) is 5. The highest BCUT2D eigenvalue weighted by atomic mass is 16.3. The molecule has 2 saturated heterocycles. The van der Waals surface area contributed by atoms with Gasteiger partial charge >= 0.3 is 6.03 Å².